The molecule has 0 spiro atoms. The van der Waals surface area contributed by atoms with Gasteiger partial charge in [0.15, 0.2) is 0 Å². The molecular weight excluding hydrogens is 404 g/mol. The number of carbonyl (C=O) groups excluding carboxylic acids is 1. The van der Waals surface area contributed by atoms with Crippen LogP contribution >= 0.6 is 11.6 Å². The zero-order valence-electron chi connectivity index (χ0n) is 15.9. The van der Waals surface area contributed by atoms with Gasteiger partial charge in [-0.2, -0.15) is 0 Å². The summed E-state index contributed by atoms with van der Waals surface area (Å²) < 4.78 is 38.2. The Morgan fingerprint density at radius 1 is 1.18 bits per heavy atom. The molecule has 0 saturated heterocycles. The van der Waals surface area contributed by atoms with E-state index in [-0.39, 0.29) is 21.5 Å². The van der Waals surface area contributed by atoms with Crippen LogP contribution in [0, 0.1) is 0 Å². The Hall–Kier alpha value is -2.29. The average molecular weight is 427 g/mol. The number of methoxy groups -OCH3 is 1. The fourth-order valence-corrected chi connectivity index (χ4v) is 3.73. The molecule has 0 aliphatic carbocycles. The van der Waals surface area contributed by atoms with Crippen molar-refractivity contribution >= 4 is 33.2 Å². The molecule has 2 aromatic rings. The number of amides is 1. The Morgan fingerprint density at radius 2 is 1.86 bits per heavy atom. The quantitative estimate of drug-likeness (QED) is 0.641. The smallest absolute Gasteiger partial charge is 0.261 e. The van der Waals surface area contributed by atoms with Gasteiger partial charge in [0, 0.05) is 18.8 Å². The van der Waals surface area contributed by atoms with E-state index < -0.39 is 15.9 Å². The lowest BCUT2D eigenvalue weighted by atomic mass is 10.2. The molecule has 0 saturated carbocycles. The zero-order valence-corrected chi connectivity index (χ0v) is 17.4. The highest BCUT2D eigenvalue weighted by Crippen LogP contribution is 2.23. The molecule has 0 aliphatic heterocycles. The van der Waals surface area contributed by atoms with E-state index >= 15 is 0 Å². The summed E-state index contributed by atoms with van der Waals surface area (Å²) in [4.78, 5) is 12.3. The second kappa shape index (κ2) is 9.77. The summed E-state index contributed by atoms with van der Waals surface area (Å²) in [5, 5.41) is 2.86. The number of anilines is 1. The minimum atomic E-state index is -3.90. The van der Waals surface area contributed by atoms with E-state index in [2.05, 4.69) is 10.0 Å². The first-order chi connectivity index (χ1) is 13.3. The Balaban J connectivity index is 2.22. The minimum absolute atomic E-state index is 0.0687. The average Bonchev–Trinajstić information content (AvgIpc) is 2.63. The molecule has 0 aliphatic rings. The molecule has 28 heavy (non-hydrogen) atoms. The van der Waals surface area contributed by atoms with Crippen molar-refractivity contribution in [3.63, 3.8) is 0 Å². The Labute approximate surface area is 170 Å². The Kier molecular flexibility index (Phi) is 7.68. The Morgan fingerprint density at radius 3 is 2.46 bits per heavy atom. The van der Waals surface area contributed by atoms with E-state index in [4.69, 9.17) is 21.1 Å². The normalized spacial score (nSPS) is 12.3. The van der Waals surface area contributed by atoms with E-state index in [0.717, 1.165) is 0 Å². The van der Waals surface area contributed by atoms with Gasteiger partial charge in [-0.25, -0.2) is 8.42 Å². The van der Waals surface area contributed by atoms with Gasteiger partial charge in [0.1, 0.15) is 5.75 Å². The van der Waals surface area contributed by atoms with E-state index in [0.29, 0.717) is 24.7 Å². The number of nitrogens with one attached hydrogen (secondary N) is 2. The molecule has 7 nitrogen and oxygen atoms in total. The number of hydrogen-bond acceptors (Lipinski definition) is 5. The van der Waals surface area contributed by atoms with Crippen molar-refractivity contribution in [2.45, 2.75) is 24.8 Å². The third-order valence-corrected chi connectivity index (χ3v) is 5.41. The first-order valence-corrected chi connectivity index (χ1v) is 10.5. The van der Waals surface area contributed by atoms with Crippen LogP contribution in [-0.4, -0.2) is 40.7 Å². The highest BCUT2D eigenvalue weighted by atomic mass is 35.5. The molecule has 0 radical (unpaired) electrons. The van der Waals surface area contributed by atoms with Gasteiger partial charge < -0.3 is 14.8 Å². The largest absolute Gasteiger partial charge is 0.494 e. The second-order valence-corrected chi connectivity index (χ2v) is 8.12. The summed E-state index contributed by atoms with van der Waals surface area (Å²) in [6.07, 6.45) is 0. The molecule has 2 N–H and O–H groups in total. The van der Waals surface area contributed by atoms with Crippen LogP contribution in [0.4, 0.5) is 5.69 Å². The highest BCUT2D eigenvalue weighted by Gasteiger charge is 2.20. The molecular formula is C19H23ClN2O5S. The number of sulfonamides is 1. The van der Waals surface area contributed by atoms with Gasteiger partial charge in [-0.05, 0) is 56.3 Å². The standard InChI is InChI=1S/C19H23ClN2O5S/c1-4-27-15-7-5-14(6-8-15)22-28(24,25)16-9-10-18(20)17(11-16)19(23)21-13(2)12-26-3/h5-11,13,22H,4,12H2,1-3H3,(H,21,23). The summed E-state index contributed by atoms with van der Waals surface area (Å²) in [7, 11) is -2.38. The third-order valence-electron chi connectivity index (χ3n) is 3.70. The van der Waals surface area contributed by atoms with Crippen molar-refractivity contribution in [3.05, 3.63) is 53.1 Å². The van der Waals surface area contributed by atoms with Crippen LogP contribution in [0.15, 0.2) is 47.4 Å². The number of ether oxygens (including phenoxy) is 2. The SMILES string of the molecule is CCOc1ccc(NS(=O)(=O)c2ccc(Cl)c(C(=O)NC(C)COC)c2)cc1. The van der Waals surface area contributed by atoms with Gasteiger partial charge in [0.2, 0.25) is 0 Å². The zero-order chi connectivity index (χ0) is 20.7. The van der Waals surface area contributed by atoms with Gasteiger partial charge >= 0.3 is 0 Å². The lowest BCUT2D eigenvalue weighted by molar-refractivity contribution is 0.0905. The topological polar surface area (TPSA) is 93.7 Å². The summed E-state index contributed by atoms with van der Waals surface area (Å²) in [6.45, 7) is 4.47. The first kappa shape index (κ1) is 22.0. The van der Waals surface area contributed by atoms with E-state index in [9.17, 15) is 13.2 Å². The molecule has 0 aromatic heterocycles. The molecule has 152 valence electrons. The molecule has 0 heterocycles. The van der Waals surface area contributed by atoms with Crippen molar-refractivity contribution in [2.24, 2.45) is 0 Å². The maximum absolute atomic E-state index is 12.7. The fraction of sp³-hybridized carbons (Fsp3) is 0.316. The lowest BCUT2D eigenvalue weighted by Crippen LogP contribution is -2.35. The van der Waals surface area contributed by atoms with Crippen molar-refractivity contribution in [2.75, 3.05) is 25.0 Å². The summed E-state index contributed by atoms with van der Waals surface area (Å²) in [5.74, 6) is 0.161. The first-order valence-electron chi connectivity index (χ1n) is 8.62. The summed E-state index contributed by atoms with van der Waals surface area (Å²) >= 11 is 6.09. The number of rotatable bonds is 9. The van der Waals surface area contributed by atoms with Gasteiger partial charge in [-0.1, -0.05) is 11.6 Å². The molecule has 1 unspecified atom stereocenters. The van der Waals surface area contributed by atoms with Crippen LogP contribution in [0.1, 0.15) is 24.2 Å². The molecule has 1 atom stereocenters. The maximum Gasteiger partial charge on any atom is 0.261 e. The number of hydrogen-bond donors (Lipinski definition) is 2. The predicted octanol–water partition coefficient (Wildman–Crippen LogP) is 3.30. The van der Waals surface area contributed by atoms with Crippen LogP contribution in [0.2, 0.25) is 5.02 Å². The minimum Gasteiger partial charge on any atom is -0.494 e. The van der Waals surface area contributed by atoms with Crippen LogP contribution in [0.25, 0.3) is 0 Å². The monoisotopic (exact) mass is 426 g/mol. The van der Waals surface area contributed by atoms with Crippen molar-refractivity contribution in [1.82, 2.24) is 5.32 Å². The van der Waals surface area contributed by atoms with Crippen LogP contribution in [0.3, 0.4) is 0 Å². The van der Waals surface area contributed by atoms with Gasteiger partial charge in [0.25, 0.3) is 15.9 Å². The maximum atomic E-state index is 12.7. The van der Waals surface area contributed by atoms with E-state index in [1.807, 2.05) is 6.92 Å². The molecule has 2 aromatic carbocycles. The van der Waals surface area contributed by atoms with Gasteiger partial charge in [-0.3, -0.25) is 9.52 Å². The molecule has 2 rings (SSSR count). The molecule has 1 amide bonds. The van der Waals surface area contributed by atoms with Crippen LogP contribution < -0.4 is 14.8 Å². The second-order valence-electron chi connectivity index (χ2n) is 6.03. The van der Waals surface area contributed by atoms with E-state index in [1.54, 1.807) is 31.2 Å². The highest BCUT2D eigenvalue weighted by molar-refractivity contribution is 7.92. The number of halogens is 1. The van der Waals surface area contributed by atoms with Crippen molar-refractivity contribution in [3.8, 4) is 5.75 Å². The van der Waals surface area contributed by atoms with Gasteiger partial charge in [-0.15, -0.1) is 0 Å². The van der Waals surface area contributed by atoms with Crippen molar-refractivity contribution < 1.29 is 22.7 Å². The summed E-state index contributed by atoms with van der Waals surface area (Å²) in [6, 6.07) is 10.2. The van der Waals surface area contributed by atoms with E-state index in [1.165, 1.54) is 25.3 Å². The third kappa shape index (κ3) is 5.85. The predicted molar refractivity (Wildman–Crippen MR) is 109 cm³/mol. The number of carbonyl (C=O) groups is 1. The molecule has 0 bridgehead atoms. The van der Waals surface area contributed by atoms with Crippen molar-refractivity contribution in [1.29, 1.82) is 0 Å². The fourth-order valence-electron chi connectivity index (χ4n) is 2.44. The summed E-state index contributed by atoms with van der Waals surface area (Å²) in [5.41, 5.74) is 0.442. The molecule has 9 heteroatoms. The van der Waals surface area contributed by atoms with Gasteiger partial charge in [0.05, 0.1) is 28.7 Å². The number of benzene rings is 2. The molecule has 0 fully saturated rings. The van der Waals surface area contributed by atoms with Crippen LogP contribution in [0.5, 0.6) is 5.75 Å². The van der Waals surface area contributed by atoms with Crippen LogP contribution in [-0.2, 0) is 14.8 Å². The Bertz CT molecular complexity index is 916. The lowest BCUT2D eigenvalue weighted by Gasteiger charge is -2.14.